The van der Waals surface area contributed by atoms with Crippen molar-refractivity contribution < 1.29 is 0 Å². The lowest BCUT2D eigenvalue weighted by atomic mass is 10.1. The lowest BCUT2D eigenvalue weighted by Crippen LogP contribution is -2.17. The first-order valence-corrected chi connectivity index (χ1v) is 5.82. The van der Waals surface area contributed by atoms with Gasteiger partial charge in [0.2, 0.25) is 0 Å². The van der Waals surface area contributed by atoms with Crippen LogP contribution in [0.1, 0.15) is 16.8 Å². The van der Waals surface area contributed by atoms with Gasteiger partial charge in [0, 0.05) is 25.5 Å². The molecule has 0 aliphatic carbocycles. The normalized spacial score (nSPS) is 9.83. The molecular formula is C15H15N3. The summed E-state index contributed by atoms with van der Waals surface area (Å²) >= 11 is 0. The first-order valence-electron chi connectivity index (χ1n) is 5.82. The van der Waals surface area contributed by atoms with Gasteiger partial charge in [0.05, 0.1) is 0 Å². The summed E-state index contributed by atoms with van der Waals surface area (Å²) in [5, 5.41) is 8.83. The predicted octanol–water partition coefficient (Wildman–Crippen LogP) is 2.90. The SMILES string of the molecule is Cc1ccccc1N(C)Cc1ccnc(C#N)c1. The van der Waals surface area contributed by atoms with Crippen LogP contribution in [0.2, 0.25) is 0 Å². The minimum absolute atomic E-state index is 0.464. The Hall–Kier alpha value is -2.34. The summed E-state index contributed by atoms with van der Waals surface area (Å²) in [7, 11) is 2.05. The van der Waals surface area contributed by atoms with Gasteiger partial charge in [0.15, 0.2) is 0 Å². The lowest BCUT2D eigenvalue weighted by Gasteiger charge is -2.21. The number of nitrogens with zero attached hydrogens (tertiary/aromatic N) is 3. The molecule has 18 heavy (non-hydrogen) atoms. The molecule has 1 aromatic heterocycles. The summed E-state index contributed by atoms with van der Waals surface area (Å²) < 4.78 is 0. The zero-order valence-corrected chi connectivity index (χ0v) is 10.6. The molecule has 0 aliphatic heterocycles. The zero-order valence-electron chi connectivity index (χ0n) is 10.6. The number of para-hydroxylation sites is 1. The molecule has 3 nitrogen and oxygen atoms in total. The first-order chi connectivity index (χ1) is 8.70. The van der Waals surface area contributed by atoms with E-state index in [1.54, 1.807) is 6.20 Å². The highest BCUT2D eigenvalue weighted by atomic mass is 15.1. The number of pyridine rings is 1. The Morgan fingerprint density at radius 1 is 1.28 bits per heavy atom. The van der Waals surface area contributed by atoms with Crippen molar-refractivity contribution in [1.82, 2.24) is 4.98 Å². The van der Waals surface area contributed by atoms with E-state index in [-0.39, 0.29) is 0 Å². The van der Waals surface area contributed by atoms with Crippen molar-refractivity contribution in [2.75, 3.05) is 11.9 Å². The van der Waals surface area contributed by atoms with E-state index in [4.69, 9.17) is 5.26 Å². The van der Waals surface area contributed by atoms with Gasteiger partial charge in [-0.25, -0.2) is 4.98 Å². The van der Waals surface area contributed by atoms with E-state index >= 15 is 0 Å². The van der Waals surface area contributed by atoms with E-state index in [2.05, 4.69) is 42.1 Å². The maximum absolute atomic E-state index is 8.83. The van der Waals surface area contributed by atoms with Crippen molar-refractivity contribution in [3.63, 3.8) is 0 Å². The molecule has 2 aromatic rings. The number of hydrogen-bond donors (Lipinski definition) is 0. The third kappa shape index (κ3) is 2.67. The highest BCUT2D eigenvalue weighted by Crippen LogP contribution is 2.19. The van der Waals surface area contributed by atoms with Crippen LogP contribution in [0.25, 0.3) is 0 Å². The summed E-state index contributed by atoms with van der Waals surface area (Å²) in [6, 6.07) is 14.1. The molecule has 0 fully saturated rings. The number of nitriles is 1. The first kappa shape index (κ1) is 12.1. The van der Waals surface area contributed by atoms with Crippen LogP contribution in [0, 0.1) is 18.3 Å². The summed E-state index contributed by atoms with van der Waals surface area (Å²) in [5.41, 5.74) is 4.00. The maximum Gasteiger partial charge on any atom is 0.140 e. The maximum atomic E-state index is 8.83. The molecule has 0 atom stereocenters. The van der Waals surface area contributed by atoms with E-state index < -0.39 is 0 Å². The van der Waals surface area contributed by atoms with Crippen LogP contribution >= 0.6 is 0 Å². The highest BCUT2D eigenvalue weighted by molar-refractivity contribution is 5.52. The van der Waals surface area contributed by atoms with Gasteiger partial charge in [0.25, 0.3) is 0 Å². The van der Waals surface area contributed by atoms with Gasteiger partial charge in [-0.05, 0) is 36.2 Å². The molecule has 0 amide bonds. The lowest BCUT2D eigenvalue weighted by molar-refractivity contribution is 0.913. The average molecular weight is 237 g/mol. The van der Waals surface area contributed by atoms with Gasteiger partial charge in [-0.3, -0.25) is 0 Å². The van der Waals surface area contributed by atoms with Crippen LogP contribution in [0.15, 0.2) is 42.6 Å². The van der Waals surface area contributed by atoms with E-state index in [9.17, 15) is 0 Å². The molecule has 0 bridgehead atoms. The molecule has 1 aromatic carbocycles. The van der Waals surface area contributed by atoms with Gasteiger partial charge in [-0.15, -0.1) is 0 Å². The number of rotatable bonds is 3. The summed E-state index contributed by atoms with van der Waals surface area (Å²) in [6.45, 7) is 2.86. The Morgan fingerprint density at radius 3 is 2.78 bits per heavy atom. The standard InChI is InChI=1S/C15H15N3/c1-12-5-3-4-6-15(12)18(2)11-13-7-8-17-14(9-13)10-16/h3-9H,11H2,1-2H3. The quantitative estimate of drug-likeness (QED) is 0.824. The minimum atomic E-state index is 0.464. The fourth-order valence-corrected chi connectivity index (χ4v) is 1.98. The molecule has 0 radical (unpaired) electrons. The smallest absolute Gasteiger partial charge is 0.140 e. The second kappa shape index (κ2) is 5.33. The van der Waals surface area contributed by atoms with Gasteiger partial charge in [0.1, 0.15) is 11.8 Å². The number of aromatic nitrogens is 1. The Bertz CT molecular complexity index is 584. The molecule has 0 unspecified atom stereocenters. The third-order valence-corrected chi connectivity index (χ3v) is 2.89. The molecule has 0 saturated carbocycles. The summed E-state index contributed by atoms with van der Waals surface area (Å²) in [6.07, 6.45) is 1.68. The average Bonchev–Trinajstić information content (AvgIpc) is 2.39. The molecule has 0 N–H and O–H groups in total. The van der Waals surface area contributed by atoms with E-state index in [1.165, 1.54) is 11.3 Å². The van der Waals surface area contributed by atoms with Crippen LogP contribution < -0.4 is 4.90 Å². The van der Waals surface area contributed by atoms with Gasteiger partial charge in [-0.2, -0.15) is 5.26 Å². The van der Waals surface area contributed by atoms with Crippen LogP contribution in [-0.2, 0) is 6.54 Å². The number of anilines is 1. The van der Waals surface area contributed by atoms with Crippen molar-refractivity contribution in [3.8, 4) is 6.07 Å². The largest absolute Gasteiger partial charge is 0.370 e. The molecule has 3 heteroatoms. The fourth-order valence-electron chi connectivity index (χ4n) is 1.98. The summed E-state index contributed by atoms with van der Waals surface area (Å²) in [5.74, 6) is 0. The van der Waals surface area contributed by atoms with Gasteiger partial charge >= 0.3 is 0 Å². The van der Waals surface area contributed by atoms with Crippen molar-refractivity contribution in [3.05, 3.63) is 59.4 Å². The highest BCUT2D eigenvalue weighted by Gasteiger charge is 2.05. The Kier molecular flexibility index (Phi) is 3.59. The van der Waals surface area contributed by atoms with Crippen LogP contribution in [0.4, 0.5) is 5.69 Å². The second-order valence-electron chi connectivity index (χ2n) is 4.30. The molecule has 2 rings (SSSR count). The van der Waals surface area contributed by atoms with Gasteiger partial charge in [-0.1, -0.05) is 18.2 Å². The summed E-state index contributed by atoms with van der Waals surface area (Å²) in [4.78, 5) is 6.15. The molecule has 0 spiro atoms. The molecule has 1 heterocycles. The monoisotopic (exact) mass is 237 g/mol. The fraction of sp³-hybridized carbons (Fsp3) is 0.200. The second-order valence-corrected chi connectivity index (χ2v) is 4.30. The Balaban J connectivity index is 2.19. The third-order valence-electron chi connectivity index (χ3n) is 2.89. The number of aryl methyl sites for hydroxylation is 1. The van der Waals surface area contributed by atoms with Crippen LogP contribution in [-0.4, -0.2) is 12.0 Å². The van der Waals surface area contributed by atoms with Crippen LogP contribution in [0.5, 0.6) is 0 Å². The van der Waals surface area contributed by atoms with Crippen molar-refractivity contribution in [2.45, 2.75) is 13.5 Å². The predicted molar refractivity (Wildman–Crippen MR) is 72.2 cm³/mol. The van der Waals surface area contributed by atoms with Crippen molar-refractivity contribution in [1.29, 1.82) is 5.26 Å². The van der Waals surface area contributed by atoms with Crippen molar-refractivity contribution in [2.24, 2.45) is 0 Å². The minimum Gasteiger partial charge on any atom is -0.370 e. The Morgan fingerprint density at radius 2 is 2.06 bits per heavy atom. The number of hydrogen-bond acceptors (Lipinski definition) is 3. The van der Waals surface area contributed by atoms with Gasteiger partial charge < -0.3 is 4.90 Å². The van der Waals surface area contributed by atoms with E-state index in [0.717, 1.165) is 12.1 Å². The molecule has 90 valence electrons. The van der Waals surface area contributed by atoms with Crippen molar-refractivity contribution >= 4 is 5.69 Å². The van der Waals surface area contributed by atoms with E-state index in [1.807, 2.05) is 24.3 Å². The molecule has 0 aliphatic rings. The van der Waals surface area contributed by atoms with E-state index in [0.29, 0.717) is 5.69 Å². The Labute approximate surface area is 107 Å². The molecule has 0 saturated heterocycles. The zero-order chi connectivity index (χ0) is 13.0. The topological polar surface area (TPSA) is 39.9 Å². The van der Waals surface area contributed by atoms with Crippen LogP contribution in [0.3, 0.4) is 0 Å². The number of benzene rings is 1. The molecular weight excluding hydrogens is 222 g/mol.